The number of thiophene rings is 1. The number of amides is 2. The minimum Gasteiger partial charge on any atom is -0.378 e. The van der Waals surface area contributed by atoms with Crippen LogP contribution in [0.3, 0.4) is 0 Å². The Kier molecular flexibility index (Phi) is 5.67. The number of aryl methyl sites for hydroxylation is 1. The van der Waals surface area contributed by atoms with Crippen LogP contribution in [0.15, 0.2) is 17.5 Å². The standard InChI is InChI=1S/C17H24N2O3S/c20-16(6-5-15-4-2-12-23-15)19-7-1-3-14(13-19)17(21)18-8-10-22-11-9-18/h2,4,12,14H,1,3,5-11,13H2. The van der Waals surface area contributed by atoms with Gasteiger partial charge in [0.25, 0.3) is 0 Å². The van der Waals surface area contributed by atoms with E-state index < -0.39 is 0 Å². The van der Waals surface area contributed by atoms with E-state index in [-0.39, 0.29) is 17.7 Å². The van der Waals surface area contributed by atoms with Gasteiger partial charge in [-0.05, 0) is 30.7 Å². The van der Waals surface area contributed by atoms with Gasteiger partial charge in [-0.25, -0.2) is 0 Å². The molecule has 2 aliphatic heterocycles. The lowest BCUT2D eigenvalue weighted by atomic mass is 9.96. The molecule has 2 aliphatic rings. The Morgan fingerprint density at radius 3 is 2.78 bits per heavy atom. The summed E-state index contributed by atoms with van der Waals surface area (Å²) >= 11 is 1.69. The SMILES string of the molecule is O=C(CCc1cccs1)N1CCCC(C(=O)N2CCOCC2)C1. The van der Waals surface area contributed by atoms with Crippen LogP contribution in [0, 0.1) is 5.92 Å². The minimum atomic E-state index is -0.0347. The highest BCUT2D eigenvalue weighted by Gasteiger charge is 2.31. The smallest absolute Gasteiger partial charge is 0.227 e. The molecule has 0 radical (unpaired) electrons. The number of hydrogen-bond donors (Lipinski definition) is 0. The molecule has 0 saturated carbocycles. The van der Waals surface area contributed by atoms with Crippen molar-refractivity contribution < 1.29 is 14.3 Å². The van der Waals surface area contributed by atoms with Crippen LogP contribution in [0.2, 0.25) is 0 Å². The summed E-state index contributed by atoms with van der Waals surface area (Å²) in [5.74, 6) is 0.342. The maximum Gasteiger partial charge on any atom is 0.227 e. The molecule has 2 fully saturated rings. The van der Waals surface area contributed by atoms with Crippen molar-refractivity contribution in [1.29, 1.82) is 0 Å². The monoisotopic (exact) mass is 336 g/mol. The summed E-state index contributed by atoms with van der Waals surface area (Å²) in [5, 5.41) is 2.04. The Labute approximate surface area is 141 Å². The van der Waals surface area contributed by atoms with Gasteiger partial charge >= 0.3 is 0 Å². The van der Waals surface area contributed by atoms with E-state index in [1.165, 1.54) is 4.88 Å². The molecule has 1 aromatic rings. The molecule has 0 N–H and O–H groups in total. The highest BCUT2D eigenvalue weighted by molar-refractivity contribution is 7.09. The average Bonchev–Trinajstić information content (AvgIpc) is 3.13. The summed E-state index contributed by atoms with van der Waals surface area (Å²) in [4.78, 5) is 30.1. The van der Waals surface area contributed by atoms with Crippen molar-refractivity contribution in [1.82, 2.24) is 9.80 Å². The van der Waals surface area contributed by atoms with Crippen LogP contribution in [0.4, 0.5) is 0 Å². The fourth-order valence-electron chi connectivity index (χ4n) is 3.29. The summed E-state index contributed by atoms with van der Waals surface area (Å²) in [5.41, 5.74) is 0. The van der Waals surface area contributed by atoms with Gasteiger partial charge in [0, 0.05) is 37.5 Å². The van der Waals surface area contributed by atoms with Crippen LogP contribution >= 0.6 is 11.3 Å². The van der Waals surface area contributed by atoms with Crippen LogP contribution in [0.25, 0.3) is 0 Å². The molecule has 3 heterocycles. The number of rotatable bonds is 4. The van der Waals surface area contributed by atoms with Gasteiger partial charge in [-0.3, -0.25) is 9.59 Å². The van der Waals surface area contributed by atoms with E-state index >= 15 is 0 Å². The molecule has 1 aromatic heterocycles. The van der Waals surface area contributed by atoms with E-state index in [0.29, 0.717) is 39.3 Å². The Balaban J connectivity index is 1.50. The molecule has 0 spiro atoms. The first kappa shape index (κ1) is 16.5. The van der Waals surface area contributed by atoms with Gasteiger partial charge in [-0.2, -0.15) is 0 Å². The highest BCUT2D eigenvalue weighted by atomic mass is 32.1. The number of carbonyl (C=O) groups excluding carboxylic acids is 2. The molecule has 1 atom stereocenters. The number of piperidine rings is 1. The van der Waals surface area contributed by atoms with E-state index in [0.717, 1.165) is 25.8 Å². The van der Waals surface area contributed by atoms with Crippen molar-refractivity contribution >= 4 is 23.2 Å². The van der Waals surface area contributed by atoms with Crippen LogP contribution in [-0.4, -0.2) is 61.0 Å². The van der Waals surface area contributed by atoms with E-state index in [1.54, 1.807) is 11.3 Å². The molecule has 6 heteroatoms. The zero-order chi connectivity index (χ0) is 16.1. The number of ether oxygens (including phenoxy) is 1. The normalized spacial score (nSPS) is 22.2. The molecule has 23 heavy (non-hydrogen) atoms. The topological polar surface area (TPSA) is 49.9 Å². The molecule has 2 amide bonds. The van der Waals surface area contributed by atoms with Crippen molar-refractivity contribution in [3.8, 4) is 0 Å². The summed E-state index contributed by atoms with van der Waals surface area (Å²) in [6.07, 6.45) is 3.16. The summed E-state index contributed by atoms with van der Waals surface area (Å²) in [6, 6.07) is 4.08. The molecule has 0 aliphatic carbocycles. The van der Waals surface area contributed by atoms with E-state index in [4.69, 9.17) is 4.74 Å². The Morgan fingerprint density at radius 1 is 1.22 bits per heavy atom. The van der Waals surface area contributed by atoms with Crippen LogP contribution in [0.5, 0.6) is 0 Å². The van der Waals surface area contributed by atoms with Gasteiger partial charge in [0.1, 0.15) is 0 Å². The summed E-state index contributed by atoms with van der Waals surface area (Å²) < 4.78 is 5.31. The van der Waals surface area contributed by atoms with Crippen LogP contribution in [-0.2, 0) is 20.7 Å². The average molecular weight is 336 g/mol. The van der Waals surface area contributed by atoms with Crippen molar-refractivity contribution in [2.45, 2.75) is 25.7 Å². The lowest BCUT2D eigenvalue weighted by Gasteiger charge is -2.36. The molecule has 0 bridgehead atoms. The number of morpholine rings is 1. The Hall–Kier alpha value is -1.40. The molecule has 126 valence electrons. The Bertz CT molecular complexity index is 526. The molecule has 2 saturated heterocycles. The first-order valence-corrected chi connectivity index (χ1v) is 9.28. The molecule has 3 rings (SSSR count). The lowest BCUT2D eigenvalue weighted by Crippen LogP contribution is -2.49. The van der Waals surface area contributed by atoms with Gasteiger partial charge < -0.3 is 14.5 Å². The minimum absolute atomic E-state index is 0.0347. The molecular formula is C17H24N2O3S. The third-order valence-electron chi connectivity index (χ3n) is 4.61. The van der Waals surface area contributed by atoms with E-state index in [1.807, 2.05) is 21.2 Å². The number of likely N-dealkylation sites (tertiary alicyclic amines) is 1. The van der Waals surface area contributed by atoms with Crippen molar-refractivity contribution in [2.24, 2.45) is 5.92 Å². The van der Waals surface area contributed by atoms with Gasteiger partial charge in [-0.1, -0.05) is 6.07 Å². The molecule has 5 nitrogen and oxygen atoms in total. The third-order valence-corrected chi connectivity index (χ3v) is 5.55. The fraction of sp³-hybridized carbons (Fsp3) is 0.647. The van der Waals surface area contributed by atoms with Crippen molar-refractivity contribution in [3.63, 3.8) is 0 Å². The molecular weight excluding hydrogens is 312 g/mol. The first-order valence-electron chi connectivity index (χ1n) is 8.41. The van der Waals surface area contributed by atoms with Crippen LogP contribution < -0.4 is 0 Å². The lowest BCUT2D eigenvalue weighted by molar-refractivity contribution is -0.144. The van der Waals surface area contributed by atoms with Gasteiger partial charge in [0.15, 0.2) is 0 Å². The molecule has 0 aromatic carbocycles. The maximum atomic E-state index is 12.6. The van der Waals surface area contributed by atoms with E-state index in [9.17, 15) is 9.59 Å². The fourth-order valence-corrected chi connectivity index (χ4v) is 4.00. The van der Waals surface area contributed by atoms with Crippen molar-refractivity contribution in [3.05, 3.63) is 22.4 Å². The second-order valence-corrected chi connectivity index (χ2v) is 7.23. The summed E-state index contributed by atoms with van der Waals surface area (Å²) in [7, 11) is 0. The third kappa shape index (κ3) is 4.32. The zero-order valence-corrected chi connectivity index (χ0v) is 14.2. The Morgan fingerprint density at radius 2 is 2.04 bits per heavy atom. The highest BCUT2D eigenvalue weighted by Crippen LogP contribution is 2.21. The molecule has 1 unspecified atom stereocenters. The largest absolute Gasteiger partial charge is 0.378 e. The van der Waals surface area contributed by atoms with Gasteiger partial charge in [0.2, 0.25) is 11.8 Å². The van der Waals surface area contributed by atoms with Gasteiger partial charge in [-0.15, -0.1) is 11.3 Å². The maximum absolute atomic E-state index is 12.6. The summed E-state index contributed by atoms with van der Waals surface area (Å²) in [6.45, 7) is 3.99. The predicted molar refractivity (Wildman–Crippen MR) is 89.3 cm³/mol. The first-order chi connectivity index (χ1) is 11.2. The quantitative estimate of drug-likeness (QED) is 0.842. The van der Waals surface area contributed by atoms with Crippen molar-refractivity contribution in [2.75, 3.05) is 39.4 Å². The second kappa shape index (κ2) is 7.93. The van der Waals surface area contributed by atoms with Crippen LogP contribution in [0.1, 0.15) is 24.1 Å². The predicted octanol–water partition coefficient (Wildman–Crippen LogP) is 1.78. The number of nitrogens with zero attached hydrogens (tertiary/aromatic N) is 2. The number of carbonyl (C=O) groups is 2. The second-order valence-electron chi connectivity index (χ2n) is 6.20. The number of hydrogen-bond acceptors (Lipinski definition) is 4. The van der Waals surface area contributed by atoms with Gasteiger partial charge in [0.05, 0.1) is 19.1 Å². The zero-order valence-electron chi connectivity index (χ0n) is 13.4. The van der Waals surface area contributed by atoms with E-state index in [2.05, 4.69) is 6.07 Å².